The lowest BCUT2D eigenvalue weighted by Crippen LogP contribution is -2.00. The van der Waals surface area contributed by atoms with Crippen molar-refractivity contribution in [1.29, 1.82) is 0 Å². The second-order valence-electron chi connectivity index (χ2n) is 16.7. The molecule has 4 aromatic heterocycles. The topological polar surface area (TPSA) is 61.7 Å². The van der Waals surface area contributed by atoms with Gasteiger partial charge in [0, 0.05) is 59.9 Å². The van der Waals surface area contributed by atoms with Crippen molar-refractivity contribution in [3.05, 3.63) is 212 Å². The highest BCUT2D eigenvalue weighted by molar-refractivity contribution is 6.21. The van der Waals surface area contributed by atoms with E-state index in [9.17, 15) is 0 Å². The lowest BCUT2D eigenvalue weighted by atomic mass is 10.0. The smallest absolute Gasteiger partial charge is 0.167 e. The van der Waals surface area contributed by atoms with E-state index in [0.717, 1.165) is 93.6 Å². The zero-order chi connectivity index (χ0) is 42.6. The maximum Gasteiger partial charge on any atom is 0.167 e. The third kappa shape index (κ3) is 5.31. The fraction of sp³-hybridized carbons (Fsp3) is 0. The van der Waals surface area contributed by atoms with Crippen molar-refractivity contribution < 1.29 is 4.42 Å². The molecule has 0 radical (unpaired) electrons. The van der Waals surface area contributed by atoms with Crippen LogP contribution < -0.4 is 0 Å². The van der Waals surface area contributed by atoms with Gasteiger partial charge < -0.3 is 13.6 Å². The molecule has 302 valence electrons. The lowest BCUT2D eigenvalue weighted by molar-refractivity contribution is 0.673. The third-order valence-electron chi connectivity index (χ3n) is 13.1. The molecule has 0 atom stereocenters. The van der Waals surface area contributed by atoms with Crippen LogP contribution in [0.15, 0.2) is 217 Å². The van der Waals surface area contributed by atoms with Crippen LogP contribution in [0, 0.1) is 0 Å². The van der Waals surface area contributed by atoms with Gasteiger partial charge in [0.05, 0.1) is 33.3 Å². The largest absolute Gasteiger partial charge is 0.455 e. The van der Waals surface area contributed by atoms with Gasteiger partial charge in [0.25, 0.3) is 0 Å². The van der Waals surface area contributed by atoms with Crippen molar-refractivity contribution in [3.63, 3.8) is 0 Å². The summed E-state index contributed by atoms with van der Waals surface area (Å²) in [4.78, 5) is 15.9. The Morgan fingerprint density at radius 1 is 0.323 bits per heavy atom. The number of hydrogen-bond donors (Lipinski definition) is 0. The van der Waals surface area contributed by atoms with Crippen LogP contribution in [-0.4, -0.2) is 24.1 Å². The van der Waals surface area contributed by atoms with Gasteiger partial charge in [-0.3, -0.25) is 0 Å². The molecule has 6 nitrogen and oxygen atoms in total. The Bertz CT molecular complexity index is 4240. The predicted molar refractivity (Wildman–Crippen MR) is 267 cm³/mol. The van der Waals surface area contributed by atoms with Crippen molar-refractivity contribution in [2.75, 3.05) is 0 Å². The molecule has 10 aromatic carbocycles. The number of fused-ring (bicyclic) bond motifs is 12. The number of furan rings is 1. The molecule has 0 aliphatic carbocycles. The summed E-state index contributed by atoms with van der Waals surface area (Å²) in [6.07, 6.45) is 0. The minimum absolute atomic E-state index is 0.543. The molecule has 65 heavy (non-hydrogen) atoms. The summed E-state index contributed by atoms with van der Waals surface area (Å²) in [6.45, 7) is 0. The second kappa shape index (κ2) is 13.8. The lowest BCUT2D eigenvalue weighted by Gasteiger charge is -2.13. The molecule has 0 saturated heterocycles. The van der Waals surface area contributed by atoms with Gasteiger partial charge in [-0.05, 0) is 65.4 Å². The van der Waals surface area contributed by atoms with Crippen LogP contribution in [0.5, 0.6) is 0 Å². The van der Waals surface area contributed by atoms with E-state index in [1.165, 1.54) is 21.5 Å². The number of rotatable bonds is 5. The highest BCUT2D eigenvalue weighted by atomic mass is 16.3. The average Bonchev–Trinajstić information content (AvgIpc) is 4.03. The quantitative estimate of drug-likeness (QED) is 0.173. The standard InChI is InChI=1S/C59H35N5O/c1-3-17-36(18-4-1)57-60-58(45-28-16-32-51-54(45)44-26-12-14-31-50(44)63(51)39-21-5-2-6-22-39)62-59(61-57)46-29-15-27-43-48-35-53(40-23-9-10-25-42(40)56(48)65-55(43)46)64-49-30-13-11-24-41(49)47-33-37-19-7-8-20-38(37)34-52(47)64/h1-35H. The first-order valence-corrected chi connectivity index (χ1v) is 21.9. The number of nitrogens with zero attached hydrogens (tertiary/aromatic N) is 5. The molecule has 0 unspecified atom stereocenters. The first-order chi connectivity index (χ1) is 32.2. The van der Waals surface area contributed by atoms with Crippen LogP contribution in [0.1, 0.15) is 0 Å². The Labute approximate surface area is 371 Å². The Hall–Kier alpha value is -8.87. The van der Waals surface area contributed by atoms with E-state index in [1.807, 2.05) is 18.2 Å². The SMILES string of the molecule is c1ccc(-c2nc(-c3cccc4c3oc3c5ccccc5c(-n5c6ccccc6c6cc7ccccc7cc65)cc43)nc(-c3cccc4c3c3ccccc3n4-c3ccccc3)n2)cc1. The molecule has 0 bridgehead atoms. The predicted octanol–water partition coefficient (Wildman–Crippen LogP) is 15.3. The summed E-state index contributed by atoms with van der Waals surface area (Å²) in [6, 6.07) is 74.9. The number of para-hydroxylation sites is 4. The summed E-state index contributed by atoms with van der Waals surface area (Å²) in [5.41, 5.74) is 10.9. The number of benzene rings is 10. The van der Waals surface area contributed by atoms with Crippen molar-refractivity contribution in [2.24, 2.45) is 0 Å². The molecule has 0 aliphatic heterocycles. The molecule has 0 amide bonds. The summed E-state index contributed by atoms with van der Waals surface area (Å²) >= 11 is 0. The van der Waals surface area contributed by atoms with Gasteiger partial charge in [-0.1, -0.05) is 158 Å². The molecule has 0 fully saturated rings. The molecule has 14 rings (SSSR count). The zero-order valence-corrected chi connectivity index (χ0v) is 34.9. The van der Waals surface area contributed by atoms with Crippen LogP contribution in [-0.2, 0) is 0 Å². The van der Waals surface area contributed by atoms with Crippen molar-refractivity contribution >= 4 is 87.1 Å². The summed E-state index contributed by atoms with van der Waals surface area (Å²) in [7, 11) is 0. The van der Waals surface area contributed by atoms with Gasteiger partial charge in [-0.25, -0.2) is 15.0 Å². The highest BCUT2D eigenvalue weighted by Gasteiger charge is 2.24. The monoisotopic (exact) mass is 829 g/mol. The molecular weight excluding hydrogens is 795 g/mol. The van der Waals surface area contributed by atoms with E-state index in [2.05, 4.69) is 203 Å². The van der Waals surface area contributed by atoms with Gasteiger partial charge in [0.2, 0.25) is 0 Å². The Balaban J connectivity index is 1.03. The first kappa shape index (κ1) is 35.7. The molecule has 0 spiro atoms. The maximum atomic E-state index is 7.11. The fourth-order valence-electron chi connectivity index (χ4n) is 10.3. The van der Waals surface area contributed by atoms with Crippen LogP contribution in [0.4, 0.5) is 0 Å². The maximum absolute atomic E-state index is 7.11. The summed E-state index contributed by atoms with van der Waals surface area (Å²) in [5.74, 6) is 1.73. The summed E-state index contributed by atoms with van der Waals surface area (Å²) in [5, 5.41) is 11.3. The minimum atomic E-state index is 0.543. The highest BCUT2D eigenvalue weighted by Crippen LogP contribution is 2.44. The molecular formula is C59H35N5O. The normalized spacial score (nSPS) is 12.0. The molecule has 0 saturated carbocycles. The van der Waals surface area contributed by atoms with Crippen LogP contribution in [0.3, 0.4) is 0 Å². The fourth-order valence-corrected chi connectivity index (χ4v) is 10.3. The van der Waals surface area contributed by atoms with Gasteiger partial charge in [0.1, 0.15) is 11.2 Å². The molecule has 4 heterocycles. The first-order valence-electron chi connectivity index (χ1n) is 21.9. The van der Waals surface area contributed by atoms with Gasteiger partial charge in [-0.2, -0.15) is 0 Å². The van der Waals surface area contributed by atoms with E-state index >= 15 is 0 Å². The van der Waals surface area contributed by atoms with E-state index in [-0.39, 0.29) is 0 Å². The van der Waals surface area contributed by atoms with E-state index in [0.29, 0.717) is 17.5 Å². The Kier molecular flexibility index (Phi) is 7.59. The van der Waals surface area contributed by atoms with Gasteiger partial charge in [-0.15, -0.1) is 0 Å². The van der Waals surface area contributed by atoms with E-state index in [4.69, 9.17) is 19.4 Å². The molecule has 6 heteroatoms. The van der Waals surface area contributed by atoms with Gasteiger partial charge >= 0.3 is 0 Å². The number of hydrogen-bond acceptors (Lipinski definition) is 4. The Morgan fingerprint density at radius 2 is 0.877 bits per heavy atom. The number of aromatic nitrogens is 5. The van der Waals surface area contributed by atoms with E-state index < -0.39 is 0 Å². The van der Waals surface area contributed by atoms with E-state index in [1.54, 1.807) is 0 Å². The Morgan fingerprint density at radius 3 is 1.68 bits per heavy atom. The molecule has 0 aliphatic rings. The third-order valence-corrected chi connectivity index (χ3v) is 13.1. The van der Waals surface area contributed by atoms with Crippen molar-refractivity contribution in [2.45, 2.75) is 0 Å². The average molecular weight is 830 g/mol. The molecule has 14 aromatic rings. The van der Waals surface area contributed by atoms with Gasteiger partial charge in [0.15, 0.2) is 17.5 Å². The van der Waals surface area contributed by atoms with Crippen molar-refractivity contribution in [3.8, 4) is 45.5 Å². The van der Waals surface area contributed by atoms with Crippen LogP contribution in [0.25, 0.3) is 133 Å². The zero-order valence-electron chi connectivity index (χ0n) is 34.9. The van der Waals surface area contributed by atoms with Crippen molar-refractivity contribution in [1.82, 2.24) is 24.1 Å². The second-order valence-corrected chi connectivity index (χ2v) is 16.7. The van der Waals surface area contributed by atoms with Crippen LogP contribution in [0.2, 0.25) is 0 Å². The minimum Gasteiger partial charge on any atom is -0.455 e. The summed E-state index contributed by atoms with van der Waals surface area (Å²) < 4.78 is 11.9. The molecule has 0 N–H and O–H groups in total. The van der Waals surface area contributed by atoms with Crippen LogP contribution >= 0.6 is 0 Å².